The van der Waals surface area contributed by atoms with Crippen molar-refractivity contribution in [3.8, 4) is 11.3 Å². The second kappa shape index (κ2) is 7.95. The number of aromatic nitrogens is 4. The van der Waals surface area contributed by atoms with Crippen molar-refractivity contribution in [3.05, 3.63) is 89.4 Å². The van der Waals surface area contributed by atoms with Crippen LogP contribution in [0.5, 0.6) is 0 Å². The molecule has 3 heterocycles. The summed E-state index contributed by atoms with van der Waals surface area (Å²) >= 11 is 3.36. The summed E-state index contributed by atoms with van der Waals surface area (Å²) in [6.07, 6.45) is 0. The number of ether oxygens (including phenoxy) is 1. The van der Waals surface area contributed by atoms with E-state index in [0.29, 0.717) is 49.6 Å². The zero-order valence-electron chi connectivity index (χ0n) is 16.9. The predicted octanol–water partition coefficient (Wildman–Crippen LogP) is 3.33. The lowest BCUT2D eigenvalue weighted by Crippen LogP contribution is -2.19. The lowest BCUT2D eigenvalue weighted by Gasteiger charge is -2.13. The number of hydrogen-bond donors (Lipinski definition) is 4. The first kappa shape index (κ1) is 20.7. The van der Waals surface area contributed by atoms with Gasteiger partial charge in [0.05, 0.1) is 29.7 Å². The van der Waals surface area contributed by atoms with Gasteiger partial charge in [0, 0.05) is 21.4 Å². The maximum atomic E-state index is 12.6. The summed E-state index contributed by atoms with van der Waals surface area (Å²) in [4.78, 5) is 37.4. The Balaban J connectivity index is 1.91. The lowest BCUT2D eigenvalue weighted by molar-refractivity contribution is 0.0601. The van der Waals surface area contributed by atoms with E-state index < -0.39 is 11.9 Å². The van der Waals surface area contributed by atoms with Gasteiger partial charge in [-0.2, -0.15) is 0 Å². The molecule has 9 nitrogen and oxygen atoms in total. The molecule has 0 fully saturated rings. The van der Waals surface area contributed by atoms with Gasteiger partial charge in [-0.05, 0) is 44.2 Å². The summed E-state index contributed by atoms with van der Waals surface area (Å²) in [7, 11) is 1.30. The first-order valence-electron chi connectivity index (χ1n) is 9.34. The van der Waals surface area contributed by atoms with E-state index in [1.165, 1.54) is 7.11 Å². The molecule has 0 amide bonds. The van der Waals surface area contributed by atoms with Crippen molar-refractivity contribution >= 4 is 21.9 Å². The molecular weight excluding hydrogens is 468 g/mol. The molecule has 0 radical (unpaired) electrons. The molecule has 0 aliphatic carbocycles. The van der Waals surface area contributed by atoms with Gasteiger partial charge in [-0.15, -0.1) is 0 Å². The van der Waals surface area contributed by atoms with E-state index in [9.17, 15) is 14.4 Å². The van der Waals surface area contributed by atoms with Crippen LogP contribution in [0.15, 0.2) is 48.8 Å². The van der Waals surface area contributed by atoms with Crippen LogP contribution in [0.1, 0.15) is 44.6 Å². The van der Waals surface area contributed by atoms with Crippen molar-refractivity contribution in [3.63, 3.8) is 0 Å². The van der Waals surface area contributed by atoms with E-state index in [0.717, 1.165) is 0 Å². The Kier molecular flexibility index (Phi) is 5.32. The van der Waals surface area contributed by atoms with Crippen molar-refractivity contribution in [1.29, 1.82) is 0 Å². The van der Waals surface area contributed by atoms with Crippen LogP contribution in [0.2, 0.25) is 0 Å². The number of rotatable bonds is 5. The van der Waals surface area contributed by atoms with Crippen LogP contribution < -0.4 is 11.1 Å². The molecule has 0 atom stereocenters. The van der Waals surface area contributed by atoms with Gasteiger partial charge in [-0.25, -0.2) is 4.79 Å². The third-order valence-corrected chi connectivity index (χ3v) is 5.66. The highest BCUT2D eigenvalue weighted by Crippen LogP contribution is 2.36. The molecule has 0 spiro atoms. The summed E-state index contributed by atoms with van der Waals surface area (Å²) in [6.45, 7) is 3.48. The number of carbonyl (C=O) groups is 1. The van der Waals surface area contributed by atoms with Gasteiger partial charge in [0.25, 0.3) is 11.1 Å². The number of H-pyrrole nitrogens is 4. The number of benzene rings is 1. The minimum atomic E-state index is -0.754. The molecule has 0 bridgehead atoms. The van der Waals surface area contributed by atoms with Crippen molar-refractivity contribution in [2.45, 2.75) is 19.8 Å². The third-order valence-electron chi connectivity index (χ3n) is 5.17. The fourth-order valence-electron chi connectivity index (χ4n) is 3.70. The van der Waals surface area contributed by atoms with Crippen molar-refractivity contribution in [2.24, 2.45) is 0 Å². The maximum Gasteiger partial charge on any atom is 0.338 e. The zero-order chi connectivity index (χ0) is 22.3. The molecule has 4 N–H and O–H groups in total. The number of esters is 1. The summed E-state index contributed by atoms with van der Waals surface area (Å²) < 4.78 is 11.7. The van der Waals surface area contributed by atoms with Crippen LogP contribution in [0.3, 0.4) is 0 Å². The summed E-state index contributed by atoms with van der Waals surface area (Å²) in [5.74, 6) is -0.477. The minimum absolute atomic E-state index is 0.320. The largest absolute Gasteiger partial charge is 0.465 e. The first-order chi connectivity index (χ1) is 14.8. The molecule has 0 aliphatic rings. The Labute approximate surface area is 183 Å². The number of furan rings is 1. The van der Waals surface area contributed by atoms with E-state index in [2.05, 4.69) is 36.3 Å². The van der Waals surface area contributed by atoms with Crippen LogP contribution in [-0.2, 0) is 4.74 Å². The molecule has 0 saturated heterocycles. The van der Waals surface area contributed by atoms with Crippen LogP contribution in [0, 0.1) is 13.8 Å². The zero-order valence-corrected chi connectivity index (χ0v) is 18.5. The van der Waals surface area contributed by atoms with Gasteiger partial charge in [0.2, 0.25) is 0 Å². The van der Waals surface area contributed by atoms with Gasteiger partial charge < -0.3 is 19.4 Å². The van der Waals surface area contributed by atoms with Gasteiger partial charge in [0.1, 0.15) is 11.5 Å². The molecule has 4 aromatic rings. The predicted molar refractivity (Wildman–Crippen MR) is 116 cm³/mol. The maximum absolute atomic E-state index is 12.6. The quantitative estimate of drug-likeness (QED) is 0.320. The van der Waals surface area contributed by atoms with Crippen molar-refractivity contribution < 1.29 is 13.9 Å². The van der Waals surface area contributed by atoms with Crippen LogP contribution >= 0.6 is 15.9 Å². The highest BCUT2D eigenvalue weighted by molar-refractivity contribution is 9.10. The average Bonchev–Trinajstić information content (AvgIpc) is 3.45. The molecule has 0 unspecified atom stereocenters. The molecule has 4 rings (SSSR count). The molecule has 3 aromatic heterocycles. The number of hydrogen-bond acceptors (Lipinski definition) is 5. The topological polar surface area (TPSA) is 137 Å². The summed E-state index contributed by atoms with van der Waals surface area (Å²) in [5.41, 5.74) is 2.08. The SMILES string of the molecule is COC(=O)c1cc(Br)ccc1-c1ccc(C(c2c(C)[nH][nH]c2=O)c2c(C)[nH][nH]c2=O)o1. The number of nitrogens with one attached hydrogen (secondary N) is 4. The highest BCUT2D eigenvalue weighted by atomic mass is 79.9. The second-order valence-electron chi connectivity index (χ2n) is 7.05. The van der Waals surface area contributed by atoms with Crippen LogP contribution in [0.4, 0.5) is 0 Å². The lowest BCUT2D eigenvalue weighted by atomic mass is 9.89. The molecular formula is C21H19BrN4O5. The van der Waals surface area contributed by atoms with Crippen LogP contribution in [0.25, 0.3) is 11.3 Å². The first-order valence-corrected chi connectivity index (χ1v) is 10.1. The number of methoxy groups -OCH3 is 1. The highest BCUT2D eigenvalue weighted by Gasteiger charge is 2.31. The Morgan fingerprint density at radius 3 is 2.10 bits per heavy atom. The molecule has 10 heteroatoms. The Bertz CT molecular complexity index is 1330. The Hall–Kier alpha value is -3.53. The normalized spacial score (nSPS) is 11.3. The standard InChI is InChI=1S/C21H19BrN4O5/c1-9-16(19(27)25-23-9)18(17-10(2)24-26-20(17)28)15-7-6-14(31-15)12-5-4-11(22)8-13(12)21(29)30-3/h4-8,18H,1-3H3,(H2,23,25,27)(H2,24,26,28). The fourth-order valence-corrected chi connectivity index (χ4v) is 4.06. The number of halogens is 1. The van der Waals surface area contributed by atoms with E-state index in [1.807, 2.05) is 0 Å². The summed E-state index contributed by atoms with van der Waals surface area (Å²) in [6, 6.07) is 8.55. The van der Waals surface area contributed by atoms with Crippen LogP contribution in [-0.4, -0.2) is 33.5 Å². The second-order valence-corrected chi connectivity index (χ2v) is 7.97. The average molecular weight is 487 g/mol. The number of aryl methyl sites for hydroxylation is 2. The Morgan fingerprint density at radius 1 is 0.968 bits per heavy atom. The number of carbonyl (C=O) groups excluding carboxylic acids is 1. The molecule has 0 aliphatic heterocycles. The molecule has 31 heavy (non-hydrogen) atoms. The third kappa shape index (κ3) is 3.59. The van der Waals surface area contributed by atoms with Gasteiger partial charge >= 0.3 is 5.97 Å². The van der Waals surface area contributed by atoms with Crippen molar-refractivity contribution in [2.75, 3.05) is 7.11 Å². The summed E-state index contributed by atoms with van der Waals surface area (Å²) in [5, 5.41) is 10.7. The monoisotopic (exact) mass is 486 g/mol. The molecule has 1 aromatic carbocycles. The smallest absolute Gasteiger partial charge is 0.338 e. The molecule has 0 saturated carbocycles. The number of aromatic amines is 4. The van der Waals surface area contributed by atoms with E-state index in [4.69, 9.17) is 9.15 Å². The van der Waals surface area contributed by atoms with E-state index >= 15 is 0 Å². The van der Waals surface area contributed by atoms with Crippen molar-refractivity contribution in [1.82, 2.24) is 20.4 Å². The van der Waals surface area contributed by atoms with Gasteiger partial charge in [-0.1, -0.05) is 15.9 Å². The fraction of sp³-hybridized carbons (Fsp3) is 0.190. The van der Waals surface area contributed by atoms with E-state index in [-0.39, 0.29) is 11.1 Å². The van der Waals surface area contributed by atoms with Gasteiger partial charge in [-0.3, -0.25) is 19.8 Å². The van der Waals surface area contributed by atoms with Gasteiger partial charge in [0.15, 0.2) is 0 Å². The van der Waals surface area contributed by atoms with E-state index in [1.54, 1.807) is 44.2 Å². The Morgan fingerprint density at radius 2 is 1.58 bits per heavy atom. The molecule has 160 valence electrons. The minimum Gasteiger partial charge on any atom is -0.465 e.